The number of esters is 1. The smallest absolute Gasteiger partial charge is 0.373 e. The summed E-state index contributed by atoms with van der Waals surface area (Å²) < 4.78 is 23.2. The van der Waals surface area contributed by atoms with E-state index in [0.717, 1.165) is 6.07 Å². The first-order chi connectivity index (χ1) is 9.02. The van der Waals surface area contributed by atoms with Crippen molar-refractivity contribution in [1.29, 1.82) is 0 Å². The van der Waals surface area contributed by atoms with Crippen LogP contribution in [0.1, 0.15) is 28.0 Å². The molecule has 0 aliphatic heterocycles. The highest BCUT2D eigenvalue weighted by molar-refractivity contribution is 6.30. The van der Waals surface area contributed by atoms with Gasteiger partial charge in [-0.05, 0) is 30.3 Å². The zero-order valence-corrected chi connectivity index (χ0v) is 10.6. The van der Waals surface area contributed by atoms with E-state index in [0.29, 0.717) is 0 Å². The van der Waals surface area contributed by atoms with E-state index >= 15 is 0 Å². The number of furan rings is 1. The Balaban J connectivity index is 2.33. The van der Waals surface area contributed by atoms with Crippen molar-refractivity contribution in [3.63, 3.8) is 0 Å². The second kappa shape index (κ2) is 5.42. The quantitative estimate of drug-likeness (QED) is 0.880. The Hall–Kier alpha value is -1.85. The summed E-state index contributed by atoms with van der Waals surface area (Å²) in [7, 11) is 1.21. The second-order valence-electron chi connectivity index (χ2n) is 3.76. The van der Waals surface area contributed by atoms with E-state index in [-0.39, 0.29) is 22.1 Å². The number of aliphatic hydroxyl groups excluding tert-OH is 1. The molecular weight excluding hydrogens is 275 g/mol. The molecule has 100 valence electrons. The van der Waals surface area contributed by atoms with Crippen LogP contribution >= 0.6 is 11.6 Å². The first-order valence-corrected chi connectivity index (χ1v) is 5.71. The Labute approximate surface area is 113 Å². The molecule has 0 bridgehead atoms. The average molecular weight is 285 g/mol. The van der Waals surface area contributed by atoms with Crippen molar-refractivity contribution in [3.8, 4) is 0 Å². The van der Waals surface area contributed by atoms with E-state index in [1.807, 2.05) is 0 Å². The molecule has 2 rings (SSSR count). The number of methoxy groups -OCH3 is 1. The zero-order chi connectivity index (χ0) is 14.0. The molecule has 19 heavy (non-hydrogen) atoms. The third kappa shape index (κ3) is 2.77. The molecule has 1 unspecified atom stereocenters. The molecule has 0 aliphatic carbocycles. The Bertz CT molecular complexity index is 608. The summed E-state index contributed by atoms with van der Waals surface area (Å²) in [5.74, 6) is -1.33. The Kier molecular flexibility index (Phi) is 3.87. The van der Waals surface area contributed by atoms with Crippen molar-refractivity contribution < 1.29 is 23.4 Å². The highest BCUT2D eigenvalue weighted by atomic mass is 35.5. The van der Waals surface area contributed by atoms with Crippen molar-refractivity contribution in [2.75, 3.05) is 7.11 Å². The van der Waals surface area contributed by atoms with Gasteiger partial charge >= 0.3 is 5.97 Å². The number of hydrogen-bond donors (Lipinski definition) is 1. The van der Waals surface area contributed by atoms with Crippen molar-refractivity contribution in [2.45, 2.75) is 6.10 Å². The van der Waals surface area contributed by atoms with E-state index in [1.54, 1.807) is 0 Å². The van der Waals surface area contributed by atoms with Gasteiger partial charge < -0.3 is 14.3 Å². The van der Waals surface area contributed by atoms with E-state index in [9.17, 15) is 14.3 Å². The van der Waals surface area contributed by atoms with Crippen molar-refractivity contribution in [1.82, 2.24) is 0 Å². The summed E-state index contributed by atoms with van der Waals surface area (Å²) >= 11 is 5.74. The number of carbonyl (C=O) groups excluding carboxylic acids is 1. The fraction of sp³-hybridized carbons (Fsp3) is 0.154. The topological polar surface area (TPSA) is 59.7 Å². The predicted octanol–water partition coefficient (Wildman–Crippen LogP) is 2.94. The molecule has 6 heteroatoms. The highest BCUT2D eigenvalue weighted by Crippen LogP contribution is 2.28. The van der Waals surface area contributed by atoms with Crippen LogP contribution in [0, 0.1) is 5.82 Å². The molecule has 1 aromatic heterocycles. The minimum atomic E-state index is -1.35. The van der Waals surface area contributed by atoms with E-state index in [1.165, 1.54) is 31.4 Å². The Morgan fingerprint density at radius 2 is 2.16 bits per heavy atom. The van der Waals surface area contributed by atoms with Gasteiger partial charge in [0, 0.05) is 10.6 Å². The number of halogens is 2. The van der Waals surface area contributed by atoms with Crippen LogP contribution < -0.4 is 0 Å². The number of carbonyl (C=O) groups is 1. The average Bonchev–Trinajstić information content (AvgIpc) is 2.89. The molecule has 1 atom stereocenters. The van der Waals surface area contributed by atoms with Crippen LogP contribution in [-0.2, 0) is 4.74 Å². The SMILES string of the molecule is COC(=O)c1ccc(C(O)c2cc(Cl)ccc2F)o1. The molecule has 1 aromatic carbocycles. The molecule has 0 aliphatic rings. The van der Waals surface area contributed by atoms with Crippen molar-refractivity contribution in [3.05, 3.63) is 58.3 Å². The first-order valence-electron chi connectivity index (χ1n) is 5.34. The van der Waals surface area contributed by atoms with Crippen LogP contribution in [0.3, 0.4) is 0 Å². The van der Waals surface area contributed by atoms with Crippen LogP contribution in [0.25, 0.3) is 0 Å². The maximum Gasteiger partial charge on any atom is 0.373 e. The summed E-state index contributed by atoms with van der Waals surface area (Å²) in [4.78, 5) is 11.2. The minimum Gasteiger partial charge on any atom is -0.463 e. The highest BCUT2D eigenvalue weighted by Gasteiger charge is 2.21. The van der Waals surface area contributed by atoms with Gasteiger partial charge in [0.2, 0.25) is 5.76 Å². The lowest BCUT2D eigenvalue weighted by Gasteiger charge is -2.09. The summed E-state index contributed by atoms with van der Waals surface area (Å²) in [6, 6.07) is 6.52. The molecule has 4 nitrogen and oxygen atoms in total. The lowest BCUT2D eigenvalue weighted by molar-refractivity contribution is 0.0558. The van der Waals surface area contributed by atoms with Crippen molar-refractivity contribution in [2.24, 2.45) is 0 Å². The summed E-state index contributed by atoms with van der Waals surface area (Å²) in [6.45, 7) is 0. The largest absolute Gasteiger partial charge is 0.463 e. The van der Waals surface area contributed by atoms with Gasteiger partial charge in [-0.3, -0.25) is 0 Å². The molecule has 0 amide bonds. The number of benzene rings is 1. The number of rotatable bonds is 3. The van der Waals surface area contributed by atoms with Gasteiger partial charge in [0.05, 0.1) is 7.11 Å². The number of ether oxygens (including phenoxy) is 1. The summed E-state index contributed by atoms with van der Waals surface area (Å²) in [6.07, 6.45) is -1.35. The van der Waals surface area contributed by atoms with Gasteiger partial charge in [-0.2, -0.15) is 0 Å². The van der Waals surface area contributed by atoms with Crippen LogP contribution in [0.15, 0.2) is 34.7 Å². The molecule has 2 aromatic rings. The Morgan fingerprint density at radius 3 is 2.84 bits per heavy atom. The molecule has 0 radical (unpaired) electrons. The summed E-state index contributed by atoms with van der Waals surface area (Å²) in [5.41, 5.74) is -0.0294. The maximum atomic E-state index is 13.6. The minimum absolute atomic E-state index is 0.0292. The fourth-order valence-electron chi connectivity index (χ4n) is 1.59. The molecule has 0 fully saturated rings. The summed E-state index contributed by atoms with van der Waals surface area (Å²) in [5, 5.41) is 10.3. The molecular formula is C13H10ClFO4. The van der Waals surface area contributed by atoms with Gasteiger partial charge in [0.1, 0.15) is 17.7 Å². The van der Waals surface area contributed by atoms with E-state index in [4.69, 9.17) is 16.0 Å². The maximum absolute atomic E-state index is 13.6. The fourth-order valence-corrected chi connectivity index (χ4v) is 1.77. The third-order valence-electron chi connectivity index (χ3n) is 2.54. The van der Waals surface area contributed by atoms with Gasteiger partial charge in [0.15, 0.2) is 0 Å². The second-order valence-corrected chi connectivity index (χ2v) is 4.20. The molecule has 0 spiro atoms. The van der Waals surface area contributed by atoms with Gasteiger partial charge in [0.25, 0.3) is 0 Å². The predicted molar refractivity (Wildman–Crippen MR) is 65.5 cm³/mol. The molecule has 0 saturated carbocycles. The number of aliphatic hydroxyl groups is 1. The lowest BCUT2D eigenvalue weighted by atomic mass is 10.1. The molecule has 0 saturated heterocycles. The van der Waals surface area contributed by atoms with Gasteiger partial charge in [-0.15, -0.1) is 0 Å². The molecule has 1 N–H and O–H groups in total. The molecule has 1 heterocycles. The monoisotopic (exact) mass is 284 g/mol. The van der Waals surface area contributed by atoms with Gasteiger partial charge in [-0.25, -0.2) is 9.18 Å². The van der Waals surface area contributed by atoms with Gasteiger partial charge in [-0.1, -0.05) is 11.6 Å². The van der Waals surface area contributed by atoms with E-state index < -0.39 is 17.9 Å². The standard InChI is InChI=1S/C13H10ClFO4/c1-18-13(17)11-5-4-10(19-11)12(16)8-6-7(14)2-3-9(8)15/h2-6,12,16H,1H3. The first kappa shape index (κ1) is 13.6. The Morgan fingerprint density at radius 1 is 1.42 bits per heavy atom. The zero-order valence-electron chi connectivity index (χ0n) is 9.89. The van der Waals surface area contributed by atoms with E-state index in [2.05, 4.69) is 4.74 Å². The van der Waals surface area contributed by atoms with Crippen molar-refractivity contribution >= 4 is 17.6 Å². The van der Waals surface area contributed by atoms with Crippen LogP contribution in [0.5, 0.6) is 0 Å². The lowest BCUT2D eigenvalue weighted by Crippen LogP contribution is -2.02. The number of hydrogen-bond acceptors (Lipinski definition) is 4. The van der Waals surface area contributed by atoms with Crippen LogP contribution in [0.4, 0.5) is 4.39 Å². The van der Waals surface area contributed by atoms with Crippen LogP contribution in [-0.4, -0.2) is 18.2 Å². The normalized spacial score (nSPS) is 12.2. The van der Waals surface area contributed by atoms with Crippen LogP contribution in [0.2, 0.25) is 5.02 Å². The third-order valence-corrected chi connectivity index (χ3v) is 2.77.